The molecular formula is C9H12AlO2. The van der Waals surface area contributed by atoms with Crippen LogP contribution in [0.3, 0.4) is 0 Å². The maximum Gasteiger partial charge on any atom is 0.122 e. The number of hydrogen-bond donors (Lipinski definition) is 0. The maximum atomic E-state index is 5.42. The molecule has 0 saturated heterocycles. The van der Waals surface area contributed by atoms with Gasteiger partial charge in [-0.1, -0.05) is 18.2 Å². The van der Waals surface area contributed by atoms with E-state index in [9.17, 15) is 0 Å². The summed E-state index contributed by atoms with van der Waals surface area (Å²) in [6, 6.07) is 8.25. The van der Waals surface area contributed by atoms with Crippen LogP contribution in [-0.2, 0) is 6.42 Å². The van der Waals surface area contributed by atoms with Gasteiger partial charge in [-0.05, 0) is 24.5 Å². The molecule has 0 fully saturated rings. The van der Waals surface area contributed by atoms with E-state index in [1.807, 2.05) is 12.1 Å². The normalized spacial score (nSPS) is 13.0. The average Bonchev–Trinajstić information content (AvgIpc) is 2.05. The fraction of sp³-hybridized carbons (Fsp3) is 0.333. The van der Waals surface area contributed by atoms with Crippen molar-refractivity contribution in [1.29, 1.82) is 0 Å². The van der Waals surface area contributed by atoms with Crippen molar-refractivity contribution in [3.63, 3.8) is 0 Å². The van der Waals surface area contributed by atoms with Crippen molar-refractivity contribution < 1.29 is 10.2 Å². The molecule has 1 aromatic rings. The first-order valence-electron chi connectivity index (χ1n) is 3.67. The van der Waals surface area contributed by atoms with Crippen LogP contribution in [0.15, 0.2) is 24.3 Å². The summed E-state index contributed by atoms with van der Waals surface area (Å²) in [5.41, 5.74) is 1.36. The predicted molar refractivity (Wildman–Crippen MR) is 49.6 cm³/mol. The number of aryl methyl sites for hydroxylation is 1. The molecule has 0 bridgehead atoms. The largest absolute Gasteiger partial charge is 0.493 e. The highest BCUT2D eigenvalue weighted by molar-refractivity contribution is 5.75. The second-order valence-electron chi connectivity index (χ2n) is 2.56. The van der Waals surface area contributed by atoms with Crippen molar-refractivity contribution in [3.05, 3.63) is 29.8 Å². The molecule has 2 nitrogen and oxygen atoms in total. The Labute approximate surface area is 83.0 Å². The molecule has 0 aromatic heterocycles. The highest BCUT2D eigenvalue weighted by atomic mass is 27.0. The van der Waals surface area contributed by atoms with Gasteiger partial charge in [-0.25, -0.2) is 0 Å². The lowest BCUT2D eigenvalue weighted by Crippen LogP contribution is -2.07. The molecule has 0 unspecified atom stereocenters. The molecule has 2 N–H and O–H groups in total. The third kappa shape index (κ3) is 2.25. The molecule has 63 valence electrons. The van der Waals surface area contributed by atoms with Crippen molar-refractivity contribution in [3.8, 4) is 5.75 Å². The summed E-state index contributed by atoms with van der Waals surface area (Å²) in [4.78, 5) is 0. The molecule has 1 aliphatic rings. The highest BCUT2D eigenvalue weighted by Gasteiger charge is 2.06. The zero-order chi connectivity index (χ0) is 6.81. The molecule has 0 spiro atoms. The quantitative estimate of drug-likeness (QED) is 0.543. The van der Waals surface area contributed by atoms with Gasteiger partial charge in [0.05, 0.1) is 6.61 Å². The van der Waals surface area contributed by atoms with E-state index in [-0.39, 0.29) is 22.8 Å². The third-order valence-electron chi connectivity index (χ3n) is 1.82. The van der Waals surface area contributed by atoms with Crippen molar-refractivity contribution >= 4 is 17.4 Å². The number of rotatable bonds is 0. The Morgan fingerprint density at radius 3 is 2.67 bits per heavy atom. The molecule has 1 aliphatic heterocycles. The zero-order valence-electron chi connectivity index (χ0n) is 6.92. The molecular weight excluding hydrogens is 167 g/mol. The fourth-order valence-corrected chi connectivity index (χ4v) is 1.30. The van der Waals surface area contributed by atoms with E-state index in [1.54, 1.807) is 0 Å². The first-order valence-corrected chi connectivity index (χ1v) is 3.67. The number of hydrogen-bond acceptors (Lipinski definition) is 1. The maximum absolute atomic E-state index is 5.42. The summed E-state index contributed by atoms with van der Waals surface area (Å²) >= 11 is 0. The Morgan fingerprint density at radius 1 is 1.17 bits per heavy atom. The van der Waals surface area contributed by atoms with Crippen LogP contribution in [0.5, 0.6) is 5.75 Å². The van der Waals surface area contributed by atoms with E-state index >= 15 is 0 Å². The highest BCUT2D eigenvalue weighted by Crippen LogP contribution is 2.22. The van der Waals surface area contributed by atoms with Gasteiger partial charge in [0.15, 0.2) is 0 Å². The van der Waals surface area contributed by atoms with Gasteiger partial charge in [-0.2, -0.15) is 0 Å². The topological polar surface area (TPSA) is 40.7 Å². The summed E-state index contributed by atoms with van der Waals surface area (Å²) in [5, 5.41) is 0. The Bertz CT molecular complexity index is 213. The Hall–Kier alpha value is -0.488. The van der Waals surface area contributed by atoms with Crippen molar-refractivity contribution in [2.24, 2.45) is 0 Å². The smallest absolute Gasteiger partial charge is 0.122 e. The summed E-state index contributed by atoms with van der Waals surface area (Å²) in [6.07, 6.45) is 2.34. The van der Waals surface area contributed by atoms with Gasteiger partial charge in [0.1, 0.15) is 5.75 Å². The van der Waals surface area contributed by atoms with Crippen LogP contribution in [0.2, 0.25) is 0 Å². The van der Waals surface area contributed by atoms with Gasteiger partial charge in [0.2, 0.25) is 0 Å². The molecule has 1 heterocycles. The minimum absolute atomic E-state index is 0. The van der Waals surface area contributed by atoms with Gasteiger partial charge < -0.3 is 10.2 Å². The molecule has 12 heavy (non-hydrogen) atoms. The van der Waals surface area contributed by atoms with Crippen LogP contribution in [0.1, 0.15) is 12.0 Å². The number of ether oxygens (including phenoxy) is 1. The molecule has 1 aromatic carbocycles. The Morgan fingerprint density at radius 2 is 1.92 bits per heavy atom. The van der Waals surface area contributed by atoms with Crippen LogP contribution in [0.25, 0.3) is 0 Å². The van der Waals surface area contributed by atoms with Crippen LogP contribution in [0.4, 0.5) is 0 Å². The van der Waals surface area contributed by atoms with E-state index in [0.29, 0.717) is 0 Å². The number of fused-ring (bicyclic) bond motifs is 1. The Balaban J connectivity index is 0.000000605. The molecule has 0 atom stereocenters. The minimum Gasteiger partial charge on any atom is -0.493 e. The summed E-state index contributed by atoms with van der Waals surface area (Å²) in [6.45, 7) is 0.886. The van der Waals surface area contributed by atoms with Gasteiger partial charge >= 0.3 is 0 Å². The average molecular weight is 179 g/mol. The fourth-order valence-electron chi connectivity index (χ4n) is 1.30. The molecule has 0 saturated carbocycles. The summed E-state index contributed by atoms with van der Waals surface area (Å²) in [7, 11) is 0. The molecule has 3 heteroatoms. The van der Waals surface area contributed by atoms with Gasteiger partial charge in [-0.3, -0.25) is 0 Å². The van der Waals surface area contributed by atoms with E-state index < -0.39 is 0 Å². The van der Waals surface area contributed by atoms with E-state index in [0.717, 1.165) is 18.8 Å². The lowest BCUT2D eigenvalue weighted by molar-refractivity contribution is 0.288. The Kier molecular flexibility index (Phi) is 5.00. The van der Waals surface area contributed by atoms with Crippen molar-refractivity contribution in [1.82, 2.24) is 0 Å². The lowest BCUT2D eigenvalue weighted by atomic mass is 10.1. The summed E-state index contributed by atoms with van der Waals surface area (Å²) < 4.78 is 5.42. The first-order chi connectivity index (χ1) is 4.97. The van der Waals surface area contributed by atoms with Gasteiger partial charge in [0, 0.05) is 17.4 Å². The number of benzene rings is 1. The van der Waals surface area contributed by atoms with Crippen molar-refractivity contribution in [2.75, 3.05) is 6.61 Å². The van der Waals surface area contributed by atoms with Crippen LogP contribution >= 0.6 is 0 Å². The third-order valence-corrected chi connectivity index (χ3v) is 1.82. The SMILES string of the molecule is O.[Al].c1ccc2c(c1)CCCO2. The molecule has 3 radical (unpaired) electrons. The van der Waals surface area contributed by atoms with Crippen molar-refractivity contribution in [2.45, 2.75) is 12.8 Å². The standard InChI is InChI=1S/C9H10O.Al.H2O/c1-2-6-9-8(4-1)5-3-7-10-9;;/h1-2,4,6H,3,5,7H2;;1H2. The molecule has 0 aliphatic carbocycles. The monoisotopic (exact) mass is 179 g/mol. The van der Waals surface area contributed by atoms with Crippen LogP contribution < -0.4 is 4.74 Å². The minimum atomic E-state index is 0. The lowest BCUT2D eigenvalue weighted by Gasteiger charge is -2.15. The van der Waals surface area contributed by atoms with Crippen LogP contribution in [0, 0.1) is 0 Å². The van der Waals surface area contributed by atoms with E-state index in [2.05, 4.69) is 12.1 Å². The molecule has 0 amide bonds. The summed E-state index contributed by atoms with van der Waals surface area (Å²) in [5.74, 6) is 1.08. The van der Waals surface area contributed by atoms with E-state index in [4.69, 9.17) is 4.74 Å². The zero-order valence-corrected chi connectivity index (χ0v) is 8.07. The van der Waals surface area contributed by atoms with Gasteiger partial charge in [-0.15, -0.1) is 0 Å². The van der Waals surface area contributed by atoms with E-state index in [1.165, 1.54) is 12.0 Å². The van der Waals surface area contributed by atoms with Crippen LogP contribution in [-0.4, -0.2) is 29.4 Å². The van der Waals surface area contributed by atoms with Gasteiger partial charge in [0.25, 0.3) is 0 Å². The predicted octanol–water partition coefficient (Wildman–Crippen LogP) is 0.806. The first kappa shape index (κ1) is 11.5. The second-order valence-corrected chi connectivity index (χ2v) is 2.56. The number of para-hydroxylation sites is 1. The second kappa shape index (κ2) is 5.21. The molecule has 2 rings (SSSR count).